The Morgan fingerprint density at radius 3 is 2.64 bits per heavy atom. The second kappa shape index (κ2) is 9.18. The fraction of sp³-hybridized carbons (Fsp3) is 0.391. The van der Waals surface area contributed by atoms with Gasteiger partial charge in [-0.25, -0.2) is 9.97 Å². The molecule has 0 aliphatic carbocycles. The third kappa shape index (κ3) is 5.39. The molecule has 2 aromatic heterocycles. The van der Waals surface area contributed by atoms with E-state index < -0.39 is 17.6 Å². The molecule has 3 heterocycles. The van der Waals surface area contributed by atoms with Gasteiger partial charge in [-0.1, -0.05) is 11.3 Å². The maximum absolute atomic E-state index is 13.4. The second-order valence-corrected chi connectivity index (χ2v) is 9.42. The third-order valence-electron chi connectivity index (χ3n) is 5.65. The molecular weight excluding hydrogens is 451 g/mol. The van der Waals surface area contributed by atoms with Crippen LogP contribution >= 0.6 is 11.3 Å². The summed E-state index contributed by atoms with van der Waals surface area (Å²) in [4.78, 5) is 28.4. The van der Waals surface area contributed by atoms with Crippen LogP contribution < -0.4 is 5.32 Å². The molecular formula is C23H24F3N5OS. The number of thiazole rings is 1. The second-order valence-electron chi connectivity index (χ2n) is 8.34. The summed E-state index contributed by atoms with van der Waals surface area (Å²) in [5.74, 6) is -0.468. The van der Waals surface area contributed by atoms with E-state index in [2.05, 4.69) is 32.1 Å². The lowest BCUT2D eigenvalue weighted by Crippen LogP contribution is -2.25. The van der Waals surface area contributed by atoms with E-state index in [9.17, 15) is 18.0 Å². The molecule has 1 atom stereocenters. The van der Waals surface area contributed by atoms with Gasteiger partial charge in [0, 0.05) is 29.2 Å². The van der Waals surface area contributed by atoms with Crippen LogP contribution in [0.3, 0.4) is 0 Å². The molecule has 0 bridgehead atoms. The number of rotatable bonds is 5. The Labute approximate surface area is 193 Å². The maximum atomic E-state index is 13.4. The molecule has 1 aliphatic rings. The van der Waals surface area contributed by atoms with Gasteiger partial charge in [0.25, 0.3) is 5.91 Å². The van der Waals surface area contributed by atoms with E-state index in [-0.39, 0.29) is 5.69 Å². The molecule has 1 aromatic carbocycles. The Hall–Kier alpha value is -2.85. The van der Waals surface area contributed by atoms with Crippen LogP contribution in [0.2, 0.25) is 0 Å². The van der Waals surface area contributed by atoms with Crippen molar-refractivity contribution in [3.63, 3.8) is 0 Å². The predicted octanol–water partition coefficient (Wildman–Crippen LogP) is 5.47. The molecule has 10 heteroatoms. The highest BCUT2D eigenvalue weighted by Gasteiger charge is 2.32. The minimum atomic E-state index is -4.46. The van der Waals surface area contributed by atoms with Gasteiger partial charge < -0.3 is 0 Å². The molecule has 1 fully saturated rings. The zero-order chi connectivity index (χ0) is 23.8. The Bertz CT molecular complexity index is 1160. The SMILES string of the molecule is Cc1cc(-c2nc(NC(=O)c3cnc(C)cn3)sc2CN2CCCC2C)cc(C(F)(F)F)c1. The van der Waals surface area contributed by atoms with Crippen molar-refractivity contribution in [1.29, 1.82) is 0 Å². The molecule has 0 radical (unpaired) electrons. The quantitative estimate of drug-likeness (QED) is 0.530. The average molecular weight is 476 g/mol. The summed E-state index contributed by atoms with van der Waals surface area (Å²) in [6.45, 7) is 7.02. The Balaban J connectivity index is 1.70. The first-order valence-electron chi connectivity index (χ1n) is 10.6. The molecule has 1 unspecified atom stereocenters. The van der Waals surface area contributed by atoms with Crippen molar-refractivity contribution in [2.45, 2.75) is 52.4 Å². The molecule has 1 saturated heterocycles. The number of aromatic nitrogens is 3. The molecule has 1 N–H and O–H groups in total. The maximum Gasteiger partial charge on any atom is 0.416 e. The molecule has 33 heavy (non-hydrogen) atoms. The molecule has 0 spiro atoms. The Morgan fingerprint density at radius 1 is 1.21 bits per heavy atom. The van der Waals surface area contributed by atoms with Gasteiger partial charge in [-0.3, -0.25) is 20.0 Å². The molecule has 1 amide bonds. The normalized spacial score (nSPS) is 16.8. The number of benzene rings is 1. The number of halogens is 3. The fourth-order valence-corrected chi connectivity index (χ4v) is 4.91. The van der Waals surface area contributed by atoms with Crippen molar-refractivity contribution in [3.8, 4) is 11.3 Å². The third-order valence-corrected chi connectivity index (χ3v) is 6.60. The van der Waals surface area contributed by atoms with Gasteiger partial charge in [-0.05, 0) is 63.9 Å². The summed E-state index contributed by atoms with van der Waals surface area (Å²) in [6, 6.07) is 4.31. The molecule has 0 saturated carbocycles. The summed E-state index contributed by atoms with van der Waals surface area (Å²) in [5, 5.41) is 3.04. The van der Waals surface area contributed by atoms with Crippen LogP contribution in [0.25, 0.3) is 11.3 Å². The van der Waals surface area contributed by atoms with Crippen molar-refractivity contribution in [2.75, 3.05) is 11.9 Å². The number of hydrogen-bond donors (Lipinski definition) is 1. The summed E-state index contributed by atoms with van der Waals surface area (Å²) >= 11 is 1.27. The van der Waals surface area contributed by atoms with Crippen LogP contribution in [0.15, 0.2) is 30.6 Å². The minimum Gasteiger partial charge on any atom is -0.296 e. The van der Waals surface area contributed by atoms with Gasteiger partial charge in [0.15, 0.2) is 5.13 Å². The first kappa shape index (κ1) is 23.3. The van der Waals surface area contributed by atoms with Crippen molar-refractivity contribution >= 4 is 22.4 Å². The number of nitrogens with zero attached hydrogens (tertiary/aromatic N) is 4. The zero-order valence-electron chi connectivity index (χ0n) is 18.5. The number of amides is 1. The highest BCUT2D eigenvalue weighted by molar-refractivity contribution is 7.16. The molecule has 4 rings (SSSR count). The summed E-state index contributed by atoms with van der Waals surface area (Å²) in [5.41, 5.74) is 1.45. The lowest BCUT2D eigenvalue weighted by molar-refractivity contribution is -0.137. The van der Waals surface area contributed by atoms with Crippen LogP contribution in [0, 0.1) is 13.8 Å². The van der Waals surface area contributed by atoms with Crippen LogP contribution in [0.4, 0.5) is 18.3 Å². The number of hydrogen-bond acceptors (Lipinski definition) is 6. The van der Waals surface area contributed by atoms with E-state index in [1.165, 1.54) is 23.7 Å². The van der Waals surface area contributed by atoms with Gasteiger partial charge in [0.1, 0.15) is 5.69 Å². The Morgan fingerprint density at radius 2 is 2.00 bits per heavy atom. The topological polar surface area (TPSA) is 71.0 Å². The lowest BCUT2D eigenvalue weighted by Gasteiger charge is -2.20. The molecule has 1 aliphatic heterocycles. The van der Waals surface area contributed by atoms with E-state index in [4.69, 9.17) is 0 Å². The highest BCUT2D eigenvalue weighted by atomic mass is 32.1. The van der Waals surface area contributed by atoms with E-state index in [1.54, 1.807) is 19.9 Å². The van der Waals surface area contributed by atoms with Gasteiger partial charge >= 0.3 is 6.18 Å². The van der Waals surface area contributed by atoms with Crippen molar-refractivity contribution in [1.82, 2.24) is 19.9 Å². The van der Waals surface area contributed by atoms with Crippen LogP contribution in [0.5, 0.6) is 0 Å². The average Bonchev–Trinajstić information content (AvgIpc) is 3.33. The van der Waals surface area contributed by atoms with Crippen LogP contribution in [-0.4, -0.2) is 38.3 Å². The molecule has 3 aromatic rings. The van der Waals surface area contributed by atoms with E-state index >= 15 is 0 Å². The number of alkyl halides is 3. The summed E-state index contributed by atoms with van der Waals surface area (Å²) < 4.78 is 40.3. The van der Waals surface area contributed by atoms with Gasteiger partial charge in [-0.2, -0.15) is 13.2 Å². The summed E-state index contributed by atoms with van der Waals surface area (Å²) in [7, 11) is 0. The van der Waals surface area contributed by atoms with Crippen molar-refractivity contribution in [3.05, 3.63) is 58.0 Å². The summed E-state index contributed by atoms with van der Waals surface area (Å²) in [6.07, 6.45) is 0.567. The van der Waals surface area contributed by atoms with E-state index in [0.29, 0.717) is 40.2 Å². The smallest absolute Gasteiger partial charge is 0.296 e. The minimum absolute atomic E-state index is 0.141. The van der Waals surface area contributed by atoms with E-state index in [0.717, 1.165) is 36.4 Å². The Kier molecular flexibility index (Phi) is 6.49. The lowest BCUT2D eigenvalue weighted by atomic mass is 10.0. The van der Waals surface area contributed by atoms with Gasteiger partial charge in [0.2, 0.25) is 0 Å². The van der Waals surface area contributed by atoms with Crippen LogP contribution in [0.1, 0.15) is 52.0 Å². The van der Waals surface area contributed by atoms with Crippen molar-refractivity contribution < 1.29 is 18.0 Å². The van der Waals surface area contributed by atoms with Crippen LogP contribution in [-0.2, 0) is 12.7 Å². The van der Waals surface area contributed by atoms with E-state index in [1.807, 2.05) is 0 Å². The number of carbonyl (C=O) groups excluding carboxylic acids is 1. The number of likely N-dealkylation sites (tertiary alicyclic amines) is 1. The number of anilines is 1. The first-order valence-corrected chi connectivity index (χ1v) is 11.4. The molecule has 6 nitrogen and oxygen atoms in total. The largest absolute Gasteiger partial charge is 0.416 e. The first-order chi connectivity index (χ1) is 15.6. The number of aryl methyl sites for hydroxylation is 2. The zero-order valence-corrected chi connectivity index (χ0v) is 19.3. The molecule has 174 valence electrons. The number of nitrogens with one attached hydrogen (secondary N) is 1. The fourth-order valence-electron chi connectivity index (χ4n) is 3.90. The van der Waals surface area contributed by atoms with Gasteiger partial charge in [0.05, 0.1) is 23.1 Å². The van der Waals surface area contributed by atoms with Crippen molar-refractivity contribution in [2.24, 2.45) is 0 Å². The predicted molar refractivity (Wildman–Crippen MR) is 121 cm³/mol. The standard InChI is InChI=1S/C23H24F3N5OS/c1-13-7-16(9-17(8-13)23(24,25)26)20-19(12-31-6-4-5-15(31)3)33-22(29-20)30-21(32)18-11-27-14(2)10-28-18/h7-11,15H,4-6,12H2,1-3H3,(H,29,30,32). The number of carbonyl (C=O) groups is 1. The monoisotopic (exact) mass is 475 g/mol. The van der Waals surface area contributed by atoms with Gasteiger partial charge in [-0.15, -0.1) is 0 Å². The highest BCUT2D eigenvalue weighted by Crippen LogP contribution is 2.38.